The molecule has 0 aliphatic carbocycles. The van der Waals surface area contributed by atoms with Crippen LogP contribution in [0.1, 0.15) is 17.1 Å². The molecular formula is C98H57IrLiN16O-2. The zero-order chi connectivity index (χ0) is 78.8. The standard InChI is InChI=1S/C60H44N2.C18N12.C11H8N.C9H6NO.Ir.Li/c1-5-13-45(14-6-1)49-21-33-55(34-22-49)61(56-35-23-50(24-36-56)46-15-7-2-8-16-46)59-41-29-53(30-42-59)54-31-43-60(44-32-54)62(57-37-25-51(26-38-57)47-17-9-3-10-18-47)58-39-27-52(28-40-58)48-19-11-4-12-20-48;1-22-16-9(6-21)27-12-10-11(26-8(5-20)7(4-19)25-10)14-15(13(12)28-16)30-18(24-3)17(23-2)29-14;1-2-6-10(7-3-1)11-8-4-5-9-12-11;11-9-3-1-2-7-4-5-10-6-8(7)9;;/h1-44H;;1-6,8-9H;1-5,11H;;/q;;2*-1;;+1/p-1. The summed E-state index contributed by atoms with van der Waals surface area (Å²) in [5.41, 5.74) is 19.7. The minimum Gasteiger partial charge on any atom is -0.914 e. The summed E-state index contributed by atoms with van der Waals surface area (Å²) in [6.45, 7) is 21.7. The van der Waals surface area contributed by atoms with Crippen molar-refractivity contribution in [1.29, 1.82) is 15.8 Å². The molecule has 0 aliphatic rings. The number of hydrogen-bond acceptors (Lipinski definition) is 14. The molecule has 0 spiro atoms. The first kappa shape index (κ1) is 79.1. The van der Waals surface area contributed by atoms with Gasteiger partial charge in [-0.25, -0.2) is 15.0 Å². The Kier molecular flexibility index (Phi) is 25.3. The maximum atomic E-state index is 11.1. The molecule has 19 heteroatoms. The number of aromatic nitrogens is 8. The van der Waals surface area contributed by atoms with E-state index in [4.69, 9.17) is 19.7 Å². The van der Waals surface area contributed by atoms with Crippen LogP contribution in [0.25, 0.3) is 125 Å². The molecule has 1 radical (unpaired) electrons. The Hall–Kier alpha value is -16.0. The zero-order valence-electron chi connectivity index (χ0n) is 62.3. The molecule has 18 rings (SSSR count). The smallest absolute Gasteiger partial charge is 0.914 e. The van der Waals surface area contributed by atoms with Crippen LogP contribution in [-0.4, -0.2) is 39.9 Å². The maximum absolute atomic E-state index is 11.1. The second-order valence-corrected chi connectivity index (χ2v) is 25.6. The first-order valence-electron chi connectivity index (χ1n) is 36.0. The van der Waals surface area contributed by atoms with Crippen LogP contribution < -0.4 is 33.8 Å². The number of benzene rings is 13. The third-order valence-electron chi connectivity index (χ3n) is 18.7. The average molecular weight is 1670 g/mol. The van der Waals surface area contributed by atoms with E-state index in [2.05, 4.69) is 343 Å². The van der Waals surface area contributed by atoms with Crippen molar-refractivity contribution in [2.45, 2.75) is 0 Å². The van der Waals surface area contributed by atoms with E-state index in [-0.39, 0.29) is 112 Å². The molecule has 13 aromatic carbocycles. The van der Waals surface area contributed by atoms with Gasteiger partial charge in [0.1, 0.15) is 34.8 Å². The second-order valence-electron chi connectivity index (χ2n) is 25.6. The largest absolute Gasteiger partial charge is 1.00 e. The molecule has 0 bridgehead atoms. The Labute approximate surface area is 700 Å². The fraction of sp³-hybridized carbons (Fsp3) is 0. The molecule has 5 heterocycles. The molecule has 0 fully saturated rings. The van der Waals surface area contributed by atoms with Crippen molar-refractivity contribution < 1.29 is 44.1 Å². The molecule has 5 aromatic heterocycles. The predicted molar refractivity (Wildman–Crippen MR) is 450 cm³/mol. The molecule has 0 saturated carbocycles. The summed E-state index contributed by atoms with van der Waals surface area (Å²) in [5.74, 6) is -0.908. The van der Waals surface area contributed by atoms with Crippen molar-refractivity contribution in [3.8, 4) is 90.8 Å². The first-order chi connectivity index (χ1) is 56.7. The van der Waals surface area contributed by atoms with Crippen LogP contribution in [0.3, 0.4) is 0 Å². The van der Waals surface area contributed by atoms with Gasteiger partial charge in [-0.1, -0.05) is 244 Å². The first-order valence-corrected chi connectivity index (χ1v) is 36.0. The van der Waals surface area contributed by atoms with Gasteiger partial charge in [0.05, 0.1) is 0 Å². The van der Waals surface area contributed by atoms with Crippen molar-refractivity contribution in [3.05, 3.63) is 410 Å². The van der Waals surface area contributed by atoms with Crippen LogP contribution in [-0.2, 0) is 20.1 Å². The fourth-order valence-corrected chi connectivity index (χ4v) is 13.1. The third kappa shape index (κ3) is 17.7. The van der Waals surface area contributed by atoms with Gasteiger partial charge in [-0.2, -0.15) is 21.5 Å². The quantitative estimate of drug-likeness (QED) is 0.0632. The summed E-state index contributed by atoms with van der Waals surface area (Å²) >= 11 is 0. The Morgan fingerprint density at radius 1 is 0.316 bits per heavy atom. The van der Waals surface area contributed by atoms with E-state index < -0.39 is 0 Å². The van der Waals surface area contributed by atoms with Crippen molar-refractivity contribution in [2.75, 3.05) is 9.80 Å². The van der Waals surface area contributed by atoms with Crippen LogP contribution in [0.5, 0.6) is 5.75 Å². The van der Waals surface area contributed by atoms with Gasteiger partial charge in [0.25, 0.3) is 17.2 Å². The summed E-state index contributed by atoms with van der Waals surface area (Å²) in [7, 11) is 0. The van der Waals surface area contributed by atoms with Crippen molar-refractivity contribution in [3.63, 3.8) is 0 Å². The molecule has 18 aromatic rings. The van der Waals surface area contributed by atoms with Crippen LogP contribution in [0.2, 0.25) is 0 Å². The normalized spacial score (nSPS) is 10.2. The van der Waals surface area contributed by atoms with E-state index in [1.165, 1.54) is 50.6 Å². The van der Waals surface area contributed by atoms with Gasteiger partial charge in [0.2, 0.25) is 11.0 Å². The van der Waals surface area contributed by atoms with Gasteiger partial charge in [-0.3, -0.25) is 0 Å². The zero-order valence-corrected chi connectivity index (χ0v) is 64.7. The molecule has 0 saturated heterocycles. The fourth-order valence-electron chi connectivity index (χ4n) is 13.1. The average Bonchev–Trinajstić information content (AvgIpc) is 0.725. The van der Waals surface area contributed by atoms with Crippen molar-refractivity contribution >= 4 is 95.5 Å². The molecule has 117 heavy (non-hydrogen) atoms. The van der Waals surface area contributed by atoms with Crippen LogP contribution >= 0.6 is 0 Å². The Morgan fingerprint density at radius 2 is 0.632 bits per heavy atom. The number of anilines is 6. The molecule has 0 atom stereocenters. The molecule has 17 nitrogen and oxygen atoms in total. The number of rotatable bonds is 12. The number of fused-ring (bicyclic) bond motifs is 7. The molecular weight excluding hydrogens is 1620 g/mol. The van der Waals surface area contributed by atoms with Gasteiger partial charge in [0, 0.05) is 60.4 Å². The number of hydrogen-bond donors (Lipinski definition) is 0. The molecule has 0 N–H and O–H groups in total. The summed E-state index contributed by atoms with van der Waals surface area (Å²) in [5, 5.41) is 40.5. The maximum Gasteiger partial charge on any atom is 1.00 e. The van der Waals surface area contributed by atoms with Crippen LogP contribution in [0.15, 0.2) is 346 Å². The topological polar surface area (TPSA) is 217 Å². The van der Waals surface area contributed by atoms with Gasteiger partial charge in [0.15, 0.2) is 17.1 Å². The SMILES string of the molecule is [C-]#[N+]c1nc2c(nc1C#N)c1nc(C#N)c(C#N)nc1c1nc([N+]#[C-])c([N+]#[C-])nc21.[Ir].[Li+].[O-]c1cccc2ccn[c-]c12.[c-]1ccccc1-c1ccccn1.c1ccc(-c2ccc(N(c3ccc(-c4ccccc4)cc3)c3ccc(-c4ccc(N(c5ccc(-c6ccccc6)cc5)c5ccc(-c6ccccc6)cc5)cc4)cc3)cc2)cc1. The third-order valence-corrected chi connectivity index (χ3v) is 18.7. The molecule has 0 amide bonds. The van der Waals surface area contributed by atoms with E-state index in [9.17, 15) is 20.9 Å². The van der Waals surface area contributed by atoms with Crippen LogP contribution in [0.4, 0.5) is 51.6 Å². The minimum absolute atomic E-state index is 0. The number of nitrogens with zero attached hydrogens (tertiary/aromatic N) is 16. The van der Waals surface area contributed by atoms with Gasteiger partial charge in [-0.05, 0) is 146 Å². The van der Waals surface area contributed by atoms with Gasteiger partial charge in [-0.15, -0.1) is 73.8 Å². The Morgan fingerprint density at radius 3 is 0.940 bits per heavy atom. The van der Waals surface area contributed by atoms with E-state index in [0.717, 1.165) is 61.9 Å². The number of nitriles is 3. The Bertz CT molecular complexity index is 6030. The summed E-state index contributed by atoms with van der Waals surface area (Å²) < 4.78 is 0. The van der Waals surface area contributed by atoms with Gasteiger partial charge >= 0.3 is 24.7 Å². The Balaban J connectivity index is 0.000000176. The molecule has 0 unspecified atom stereocenters. The summed E-state index contributed by atoms with van der Waals surface area (Å²) in [6.07, 6.45) is 6.07. The van der Waals surface area contributed by atoms with Crippen molar-refractivity contribution in [2.24, 2.45) is 0 Å². The molecule has 547 valence electrons. The van der Waals surface area contributed by atoms with Gasteiger partial charge < -0.3 is 39.4 Å². The summed E-state index contributed by atoms with van der Waals surface area (Å²) in [6, 6.07) is 125. The summed E-state index contributed by atoms with van der Waals surface area (Å²) in [4.78, 5) is 47.0. The minimum atomic E-state index is -0.298. The van der Waals surface area contributed by atoms with E-state index in [1.54, 1.807) is 42.7 Å². The predicted octanol–water partition coefficient (Wildman–Crippen LogP) is 20.4. The number of pyridine rings is 2. The second kappa shape index (κ2) is 37.4. The van der Waals surface area contributed by atoms with Crippen molar-refractivity contribution in [1.82, 2.24) is 39.9 Å². The molecule has 0 aliphatic heterocycles. The van der Waals surface area contributed by atoms with Crippen LogP contribution in [0, 0.1) is 66.0 Å². The van der Waals surface area contributed by atoms with E-state index in [0.29, 0.717) is 5.39 Å². The van der Waals surface area contributed by atoms with E-state index >= 15 is 0 Å². The van der Waals surface area contributed by atoms with E-state index in [1.807, 2.05) is 48.5 Å². The monoisotopic (exact) mass is 1670 g/mol.